The Labute approximate surface area is 594 Å². The number of aliphatic hydroxyl groups is 1. The van der Waals surface area contributed by atoms with Gasteiger partial charge >= 0.3 is 39.5 Å². The van der Waals surface area contributed by atoms with Crippen LogP contribution in [0.1, 0.15) is 413 Å². The summed E-state index contributed by atoms with van der Waals surface area (Å²) in [6, 6.07) is 0. The largest absolute Gasteiger partial charge is 0.472 e. The van der Waals surface area contributed by atoms with Crippen molar-refractivity contribution >= 4 is 39.5 Å². The molecule has 0 radical (unpaired) electrons. The molecule has 0 saturated heterocycles. The molecule has 17 nitrogen and oxygen atoms in total. The van der Waals surface area contributed by atoms with E-state index < -0.39 is 97.5 Å². The van der Waals surface area contributed by atoms with Gasteiger partial charge in [0.25, 0.3) is 0 Å². The molecule has 0 bridgehead atoms. The van der Waals surface area contributed by atoms with Crippen molar-refractivity contribution in [2.24, 2.45) is 5.92 Å². The van der Waals surface area contributed by atoms with E-state index in [0.717, 1.165) is 102 Å². The first-order valence-electron chi connectivity index (χ1n) is 40.6. The standard InChI is InChI=1S/C78H152O17P2/c1-6-9-12-15-17-19-21-23-25-27-28-29-31-37-41-45-49-54-59-64-78(83)95-74(68-89-76(81)62-57-52-47-43-39-35-33-32-34-38-42-46-51-55-60-71(4)5)70-93-97(86,87)91-66-72(79)65-90-96(84,85)92-69-73(67-88-75(80)61-56-50-14-11-8-3)94-77(82)63-58-53-48-44-40-36-30-26-24-22-20-18-16-13-10-7-2/h71-74,79H,6-70H2,1-5H3,(H,84,85)(H,86,87)/t72-,73+,74+/m0/s1. The number of unbranched alkanes of at least 4 members (excludes halogenated alkanes) is 50. The van der Waals surface area contributed by atoms with Crippen LogP contribution in [0.4, 0.5) is 0 Å². The van der Waals surface area contributed by atoms with Crippen LogP contribution in [-0.2, 0) is 65.4 Å². The van der Waals surface area contributed by atoms with Gasteiger partial charge in [0, 0.05) is 25.7 Å². The lowest BCUT2D eigenvalue weighted by atomic mass is 10.0. The molecule has 0 aliphatic heterocycles. The van der Waals surface area contributed by atoms with Gasteiger partial charge in [-0.2, -0.15) is 0 Å². The van der Waals surface area contributed by atoms with Crippen molar-refractivity contribution in [3.63, 3.8) is 0 Å². The Hall–Kier alpha value is -1.94. The van der Waals surface area contributed by atoms with Crippen molar-refractivity contribution < 1.29 is 80.2 Å². The number of hydrogen-bond acceptors (Lipinski definition) is 15. The van der Waals surface area contributed by atoms with Gasteiger partial charge in [0.1, 0.15) is 19.3 Å². The van der Waals surface area contributed by atoms with Crippen molar-refractivity contribution in [3.8, 4) is 0 Å². The zero-order valence-corrected chi connectivity index (χ0v) is 65.0. The summed E-state index contributed by atoms with van der Waals surface area (Å²) in [6.45, 7) is 7.25. The minimum atomic E-state index is -4.96. The van der Waals surface area contributed by atoms with Crippen LogP contribution in [0.25, 0.3) is 0 Å². The fourth-order valence-electron chi connectivity index (χ4n) is 12.1. The molecule has 0 aliphatic rings. The average molecular weight is 1420 g/mol. The van der Waals surface area contributed by atoms with E-state index in [2.05, 4.69) is 34.6 Å². The van der Waals surface area contributed by atoms with Gasteiger partial charge in [-0.25, -0.2) is 9.13 Å². The number of rotatable bonds is 78. The highest BCUT2D eigenvalue weighted by Gasteiger charge is 2.30. The lowest BCUT2D eigenvalue weighted by Crippen LogP contribution is -2.30. The number of carbonyl (C=O) groups excluding carboxylic acids is 4. The van der Waals surface area contributed by atoms with Crippen molar-refractivity contribution in [2.45, 2.75) is 432 Å². The van der Waals surface area contributed by atoms with Crippen LogP contribution in [-0.4, -0.2) is 96.7 Å². The maximum Gasteiger partial charge on any atom is 0.472 e. The Bertz CT molecular complexity index is 1860. The summed E-state index contributed by atoms with van der Waals surface area (Å²) < 4.78 is 68.4. The van der Waals surface area contributed by atoms with Crippen LogP contribution in [0.5, 0.6) is 0 Å². The number of ether oxygens (including phenoxy) is 4. The summed E-state index contributed by atoms with van der Waals surface area (Å²) >= 11 is 0. The summed E-state index contributed by atoms with van der Waals surface area (Å²) in [5.74, 6) is -1.32. The van der Waals surface area contributed by atoms with Gasteiger partial charge in [-0.05, 0) is 31.6 Å². The van der Waals surface area contributed by atoms with Crippen molar-refractivity contribution in [1.82, 2.24) is 0 Å². The number of esters is 4. The molecule has 2 unspecified atom stereocenters. The Morgan fingerprint density at radius 2 is 0.474 bits per heavy atom. The van der Waals surface area contributed by atoms with E-state index in [9.17, 15) is 43.2 Å². The van der Waals surface area contributed by atoms with E-state index in [-0.39, 0.29) is 25.7 Å². The number of hydrogen-bond donors (Lipinski definition) is 3. The fraction of sp³-hybridized carbons (Fsp3) is 0.949. The van der Waals surface area contributed by atoms with Crippen LogP contribution in [0.2, 0.25) is 0 Å². The van der Waals surface area contributed by atoms with Gasteiger partial charge in [-0.15, -0.1) is 0 Å². The highest BCUT2D eigenvalue weighted by molar-refractivity contribution is 7.47. The molecule has 0 aromatic rings. The van der Waals surface area contributed by atoms with Gasteiger partial charge in [0.2, 0.25) is 0 Å². The summed E-state index contributed by atoms with van der Waals surface area (Å²) in [5.41, 5.74) is 0. The van der Waals surface area contributed by atoms with Crippen molar-refractivity contribution in [2.75, 3.05) is 39.6 Å². The molecule has 19 heteroatoms. The molecule has 0 aliphatic carbocycles. The minimum absolute atomic E-state index is 0.108. The number of phosphoric acid groups is 2. The van der Waals surface area contributed by atoms with Gasteiger partial charge in [0.05, 0.1) is 26.4 Å². The predicted molar refractivity (Wildman–Crippen MR) is 395 cm³/mol. The lowest BCUT2D eigenvalue weighted by Gasteiger charge is -2.21. The third-order valence-electron chi connectivity index (χ3n) is 18.3. The number of phosphoric ester groups is 2. The molecule has 576 valence electrons. The second-order valence-corrected chi connectivity index (χ2v) is 31.5. The predicted octanol–water partition coefficient (Wildman–Crippen LogP) is 23.3. The third-order valence-corrected chi connectivity index (χ3v) is 20.2. The van der Waals surface area contributed by atoms with Crippen LogP contribution in [0.15, 0.2) is 0 Å². The zero-order valence-electron chi connectivity index (χ0n) is 63.2. The first-order chi connectivity index (χ1) is 47.0. The molecule has 0 amide bonds. The maximum atomic E-state index is 13.1. The quantitative estimate of drug-likeness (QED) is 0.0222. The smallest absolute Gasteiger partial charge is 0.462 e. The lowest BCUT2D eigenvalue weighted by molar-refractivity contribution is -0.161. The van der Waals surface area contributed by atoms with E-state index in [1.165, 1.54) is 231 Å². The van der Waals surface area contributed by atoms with Crippen molar-refractivity contribution in [1.29, 1.82) is 0 Å². The molecule has 0 heterocycles. The summed E-state index contributed by atoms with van der Waals surface area (Å²) in [6.07, 6.45) is 61.5. The van der Waals surface area contributed by atoms with E-state index in [4.69, 9.17) is 37.0 Å². The molecule has 97 heavy (non-hydrogen) atoms. The molecule has 0 rings (SSSR count). The Morgan fingerprint density at radius 1 is 0.278 bits per heavy atom. The minimum Gasteiger partial charge on any atom is -0.462 e. The van der Waals surface area contributed by atoms with E-state index in [1.54, 1.807) is 0 Å². The molecule has 0 aromatic carbocycles. The van der Waals surface area contributed by atoms with Crippen LogP contribution >= 0.6 is 15.6 Å². The van der Waals surface area contributed by atoms with Gasteiger partial charge in [-0.1, -0.05) is 362 Å². The monoisotopic (exact) mass is 1420 g/mol. The normalized spacial score (nSPS) is 13.9. The average Bonchev–Trinajstić information content (AvgIpc) is 1.63. The summed E-state index contributed by atoms with van der Waals surface area (Å²) in [7, 11) is -9.90. The van der Waals surface area contributed by atoms with Gasteiger partial charge in [-0.3, -0.25) is 37.3 Å². The summed E-state index contributed by atoms with van der Waals surface area (Å²) in [5, 5.41) is 10.6. The van der Waals surface area contributed by atoms with E-state index in [1.807, 2.05) is 0 Å². The van der Waals surface area contributed by atoms with Crippen LogP contribution in [0, 0.1) is 5.92 Å². The fourth-order valence-corrected chi connectivity index (χ4v) is 13.6. The molecule has 3 N–H and O–H groups in total. The Balaban J connectivity index is 5.13. The van der Waals surface area contributed by atoms with Crippen molar-refractivity contribution in [3.05, 3.63) is 0 Å². The Kier molecular flexibility index (Phi) is 69.6. The number of carbonyl (C=O) groups is 4. The van der Waals surface area contributed by atoms with Crippen LogP contribution in [0.3, 0.4) is 0 Å². The topological polar surface area (TPSA) is 237 Å². The molecule has 0 aromatic heterocycles. The molecular formula is C78H152O17P2. The second kappa shape index (κ2) is 71.1. The zero-order chi connectivity index (χ0) is 71.2. The van der Waals surface area contributed by atoms with Gasteiger partial charge < -0.3 is 33.8 Å². The van der Waals surface area contributed by atoms with E-state index in [0.29, 0.717) is 25.7 Å². The SMILES string of the molecule is CCCCCCCCCCCCCCCCCCCCCC(=O)O[C@H](COC(=O)CCCCCCCCCCCCCCCCC(C)C)COP(=O)(O)OC[C@@H](O)COP(=O)(O)OC[C@@H](COC(=O)CCCCCCC)OC(=O)CCCCCCCCCCCCCCCCCC. The first kappa shape index (κ1) is 95.1. The first-order valence-corrected chi connectivity index (χ1v) is 43.6. The number of aliphatic hydroxyl groups excluding tert-OH is 1. The molecular weight excluding hydrogens is 1270 g/mol. The molecule has 0 saturated carbocycles. The Morgan fingerprint density at radius 3 is 0.701 bits per heavy atom. The molecule has 5 atom stereocenters. The summed E-state index contributed by atoms with van der Waals surface area (Å²) in [4.78, 5) is 72.6. The van der Waals surface area contributed by atoms with Crippen LogP contribution < -0.4 is 0 Å². The maximum absolute atomic E-state index is 13.1. The third kappa shape index (κ3) is 72.2. The highest BCUT2D eigenvalue weighted by atomic mass is 31.2. The molecule has 0 fully saturated rings. The van der Waals surface area contributed by atoms with E-state index >= 15 is 0 Å². The molecule has 0 spiro atoms. The van der Waals surface area contributed by atoms with Gasteiger partial charge in [0.15, 0.2) is 12.2 Å². The highest BCUT2D eigenvalue weighted by Crippen LogP contribution is 2.45. The second-order valence-electron chi connectivity index (χ2n) is 28.6.